The van der Waals surface area contributed by atoms with Crippen molar-refractivity contribution in [2.75, 3.05) is 38.0 Å². The number of anilines is 2. The van der Waals surface area contributed by atoms with E-state index in [2.05, 4.69) is 67.3 Å². The van der Waals surface area contributed by atoms with E-state index in [1.54, 1.807) is 0 Å². The molecule has 0 saturated carbocycles. The van der Waals surface area contributed by atoms with Crippen LogP contribution in [0.25, 0.3) is 6.08 Å². The van der Waals surface area contributed by atoms with Crippen LogP contribution in [0.15, 0.2) is 36.4 Å². The minimum atomic E-state index is -2.00. The Morgan fingerprint density at radius 1 is 0.885 bits per heavy atom. The van der Waals surface area contributed by atoms with Crippen molar-refractivity contribution in [1.29, 1.82) is 0 Å². The number of carbonyl (C=O) groups excluding carboxylic acids is 1. The second-order valence-electron chi connectivity index (χ2n) is 7.93. The Bertz CT molecular complexity index is 911. The van der Waals surface area contributed by atoms with Crippen molar-refractivity contribution in [2.24, 2.45) is 0 Å². The Hall–Kier alpha value is -2.33. The van der Waals surface area contributed by atoms with Gasteiger partial charge in [-0.05, 0) is 53.2 Å². The number of ketones is 1. The first kappa shape index (κ1) is 18.5. The summed E-state index contributed by atoms with van der Waals surface area (Å²) in [6.45, 7) is 6.72. The Kier molecular flexibility index (Phi) is 4.57. The Morgan fingerprint density at radius 3 is 2.08 bits per heavy atom. The van der Waals surface area contributed by atoms with Crippen molar-refractivity contribution in [3.05, 3.63) is 53.1 Å². The molecule has 3 rings (SSSR count). The highest BCUT2D eigenvalue weighted by atomic mass is 28.3. The predicted octanol–water partition coefficient (Wildman–Crippen LogP) is 3.22. The topological polar surface area (TPSA) is 23.6 Å². The Morgan fingerprint density at radius 2 is 1.50 bits per heavy atom. The number of nitrogens with zero attached hydrogens (tertiary/aromatic N) is 2. The van der Waals surface area contributed by atoms with E-state index >= 15 is 0 Å². The molecule has 26 heavy (non-hydrogen) atoms. The third kappa shape index (κ3) is 2.78. The van der Waals surface area contributed by atoms with Gasteiger partial charge in [-0.1, -0.05) is 25.2 Å². The SMILES string of the molecule is C/C=C/c1cc(N(C)C)cc2c1C(=O)c1ccc(N(C)C)cc1[Si]2(C)C. The first-order chi connectivity index (χ1) is 12.2. The molecule has 0 spiro atoms. The van der Waals surface area contributed by atoms with Crippen LogP contribution in [-0.2, 0) is 0 Å². The monoisotopic (exact) mass is 364 g/mol. The van der Waals surface area contributed by atoms with Gasteiger partial charge in [-0.15, -0.1) is 0 Å². The summed E-state index contributed by atoms with van der Waals surface area (Å²) >= 11 is 0. The Balaban J connectivity index is 2.35. The maximum Gasteiger partial charge on any atom is 0.193 e. The van der Waals surface area contributed by atoms with Gasteiger partial charge in [0.1, 0.15) is 8.07 Å². The molecular formula is C22H28N2OSi. The maximum absolute atomic E-state index is 13.4. The molecule has 1 heterocycles. The van der Waals surface area contributed by atoms with Crippen LogP contribution in [0.2, 0.25) is 13.1 Å². The molecule has 3 nitrogen and oxygen atoms in total. The summed E-state index contributed by atoms with van der Waals surface area (Å²) in [4.78, 5) is 17.6. The van der Waals surface area contributed by atoms with Crippen molar-refractivity contribution in [2.45, 2.75) is 20.0 Å². The molecule has 1 aliphatic heterocycles. The zero-order valence-corrected chi connectivity index (χ0v) is 17.8. The molecule has 0 amide bonds. The van der Waals surface area contributed by atoms with Gasteiger partial charge in [-0.3, -0.25) is 4.79 Å². The molecule has 4 heteroatoms. The van der Waals surface area contributed by atoms with Crippen LogP contribution in [0.1, 0.15) is 28.4 Å². The fourth-order valence-corrected chi connectivity index (χ4v) is 6.83. The van der Waals surface area contributed by atoms with Crippen LogP contribution in [-0.4, -0.2) is 42.0 Å². The lowest BCUT2D eigenvalue weighted by Crippen LogP contribution is -2.60. The van der Waals surface area contributed by atoms with Gasteiger partial charge in [0, 0.05) is 50.7 Å². The van der Waals surface area contributed by atoms with E-state index in [4.69, 9.17) is 0 Å². The van der Waals surface area contributed by atoms with Gasteiger partial charge in [-0.25, -0.2) is 0 Å². The highest BCUT2D eigenvalue weighted by Gasteiger charge is 2.40. The number of carbonyl (C=O) groups is 1. The van der Waals surface area contributed by atoms with Crippen molar-refractivity contribution < 1.29 is 4.79 Å². The largest absolute Gasteiger partial charge is 0.378 e. The van der Waals surface area contributed by atoms with Crippen LogP contribution in [0, 0.1) is 0 Å². The molecule has 0 radical (unpaired) electrons. The molecule has 1 aliphatic rings. The first-order valence-electron chi connectivity index (χ1n) is 9.03. The zero-order valence-electron chi connectivity index (χ0n) is 16.8. The normalized spacial score (nSPS) is 15.0. The lowest BCUT2D eigenvalue weighted by atomic mass is 9.96. The first-order valence-corrected chi connectivity index (χ1v) is 12.0. The molecule has 0 unspecified atom stereocenters. The molecule has 0 N–H and O–H groups in total. The highest BCUT2D eigenvalue weighted by molar-refractivity contribution is 7.02. The molecule has 0 bridgehead atoms. The summed E-state index contributed by atoms with van der Waals surface area (Å²) in [5.74, 6) is 0.158. The molecule has 2 aromatic rings. The summed E-state index contributed by atoms with van der Waals surface area (Å²) in [6, 6.07) is 10.7. The van der Waals surface area contributed by atoms with Crippen LogP contribution >= 0.6 is 0 Å². The quantitative estimate of drug-likeness (QED) is 0.782. The third-order valence-electron chi connectivity index (χ3n) is 5.35. The summed E-state index contributed by atoms with van der Waals surface area (Å²) in [5.41, 5.74) is 5.11. The number of rotatable bonds is 3. The zero-order chi connectivity index (χ0) is 19.2. The fourth-order valence-electron chi connectivity index (χ4n) is 3.77. The summed E-state index contributed by atoms with van der Waals surface area (Å²) in [5, 5.41) is 2.48. The van der Waals surface area contributed by atoms with Crippen LogP contribution < -0.4 is 20.2 Å². The number of allylic oxidation sites excluding steroid dienone is 1. The molecule has 0 fully saturated rings. The van der Waals surface area contributed by atoms with E-state index < -0.39 is 8.07 Å². The maximum atomic E-state index is 13.4. The van der Waals surface area contributed by atoms with Crippen molar-refractivity contribution >= 4 is 41.7 Å². The van der Waals surface area contributed by atoms with Gasteiger partial charge in [-0.2, -0.15) is 0 Å². The lowest BCUT2D eigenvalue weighted by molar-refractivity contribution is 0.104. The number of hydrogen-bond acceptors (Lipinski definition) is 3. The summed E-state index contributed by atoms with van der Waals surface area (Å²) in [7, 11) is 6.20. The molecule has 2 aromatic carbocycles. The highest BCUT2D eigenvalue weighted by Crippen LogP contribution is 2.28. The van der Waals surface area contributed by atoms with E-state index in [9.17, 15) is 4.79 Å². The third-order valence-corrected chi connectivity index (χ3v) is 8.86. The average Bonchev–Trinajstić information content (AvgIpc) is 2.59. The van der Waals surface area contributed by atoms with Crippen LogP contribution in [0.5, 0.6) is 0 Å². The Labute approximate surface area is 158 Å². The van der Waals surface area contributed by atoms with Crippen molar-refractivity contribution in [3.63, 3.8) is 0 Å². The van der Waals surface area contributed by atoms with Crippen molar-refractivity contribution in [3.8, 4) is 0 Å². The van der Waals surface area contributed by atoms with E-state index in [0.717, 1.165) is 28.1 Å². The van der Waals surface area contributed by atoms with Crippen LogP contribution in [0.4, 0.5) is 11.4 Å². The van der Waals surface area contributed by atoms with E-state index in [0.29, 0.717) is 0 Å². The second-order valence-corrected chi connectivity index (χ2v) is 12.3. The fraction of sp³-hybridized carbons (Fsp3) is 0.318. The second kappa shape index (κ2) is 6.43. The summed E-state index contributed by atoms with van der Waals surface area (Å²) < 4.78 is 0. The predicted molar refractivity (Wildman–Crippen MR) is 116 cm³/mol. The van der Waals surface area contributed by atoms with E-state index in [-0.39, 0.29) is 5.78 Å². The van der Waals surface area contributed by atoms with Gasteiger partial charge in [0.05, 0.1) is 0 Å². The average molecular weight is 365 g/mol. The minimum absolute atomic E-state index is 0.158. The van der Waals surface area contributed by atoms with Gasteiger partial charge < -0.3 is 9.80 Å². The molecule has 136 valence electrons. The molecule has 0 aromatic heterocycles. The molecule has 0 atom stereocenters. The van der Waals surface area contributed by atoms with Gasteiger partial charge in [0.25, 0.3) is 0 Å². The standard InChI is InChI=1S/C22H28N2OSi/c1-8-9-15-12-17(24(4)5)14-20-21(15)22(25)18-11-10-16(23(2)3)13-19(18)26(20,6)7/h8-14H,1-7H3/b9-8+. The minimum Gasteiger partial charge on any atom is -0.378 e. The lowest BCUT2D eigenvalue weighted by Gasteiger charge is -2.35. The number of benzene rings is 2. The van der Waals surface area contributed by atoms with E-state index in [1.807, 2.05) is 33.2 Å². The number of fused-ring (bicyclic) bond motifs is 2. The molecule has 0 saturated heterocycles. The van der Waals surface area contributed by atoms with Gasteiger partial charge in [0.2, 0.25) is 0 Å². The smallest absolute Gasteiger partial charge is 0.193 e. The van der Waals surface area contributed by atoms with Crippen LogP contribution in [0.3, 0.4) is 0 Å². The molecular weight excluding hydrogens is 336 g/mol. The van der Waals surface area contributed by atoms with Gasteiger partial charge in [0.15, 0.2) is 5.78 Å². The van der Waals surface area contributed by atoms with Gasteiger partial charge >= 0.3 is 0 Å². The summed E-state index contributed by atoms with van der Waals surface area (Å²) in [6.07, 6.45) is 4.08. The number of hydrogen-bond donors (Lipinski definition) is 0. The van der Waals surface area contributed by atoms with Crippen molar-refractivity contribution in [1.82, 2.24) is 0 Å². The van der Waals surface area contributed by atoms with E-state index in [1.165, 1.54) is 10.4 Å². The molecule has 0 aliphatic carbocycles.